The lowest BCUT2D eigenvalue weighted by atomic mass is 10.1. The highest BCUT2D eigenvalue weighted by atomic mass is 16.5. The monoisotopic (exact) mass is 394 g/mol. The highest BCUT2D eigenvalue weighted by molar-refractivity contribution is 5.95. The molecule has 1 amide bonds. The number of carbonyl (C=O) groups excluding carboxylic acids is 2. The Kier molecular flexibility index (Phi) is 7.03. The van der Waals surface area contributed by atoms with Crippen molar-refractivity contribution in [2.45, 2.75) is 6.42 Å². The first-order valence-electron chi connectivity index (χ1n) is 9.67. The van der Waals surface area contributed by atoms with E-state index < -0.39 is 6.61 Å². The molecule has 152 valence electrons. The van der Waals surface area contributed by atoms with Crippen molar-refractivity contribution < 1.29 is 19.4 Å². The average molecular weight is 394 g/mol. The van der Waals surface area contributed by atoms with Gasteiger partial charge in [0.25, 0.3) is 0 Å². The second-order valence-corrected chi connectivity index (χ2v) is 6.91. The van der Waals surface area contributed by atoms with Crippen molar-refractivity contribution in [3.05, 3.63) is 65.7 Å². The Morgan fingerprint density at radius 1 is 1.03 bits per heavy atom. The first-order chi connectivity index (χ1) is 14.1. The molecule has 29 heavy (non-hydrogen) atoms. The van der Waals surface area contributed by atoms with Crippen LogP contribution in [-0.4, -0.2) is 61.6 Å². The van der Waals surface area contributed by atoms with Gasteiger partial charge in [-0.25, -0.2) is 0 Å². The van der Waals surface area contributed by atoms with Gasteiger partial charge < -0.3 is 19.6 Å². The summed E-state index contributed by atoms with van der Waals surface area (Å²) in [6, 6.07) is 15.4. The number of ketones is 1. The molecule has 0 unspecified atom stereocenters. The summed E-state index contributed by atoms with van der Waals surface area (Å²) in [5, 5.41) is 8.89. The molecule has 6 nitrogen and oxygen atoms in total. The van der Waals surface area contributed by atoms with Gasteiger partial charge in [0.05, 0.1) is 13.5 Å². The standard InChI is InChI=1S/C23H26N2O4/c1-29-21-10-6-18(7-11-21)16-23(28)25-14-12-24(13-15-25)22-5-3-2-4-19(22)8-9-20(27)17-26/h2-11,26H,12-17H2,1H3/b9-8+. The van der Waals surface area contributed by atoms with Crippen LogP contribution >= 0.6 is 0 Å². The molecule has 0 saturated carbocycles. The number of amides is 1. The van der Waals surface area contributed by atoms with Gasteiger partial charge in [0.15, 0.2) is 5.78 Å². The van der Waals surface area contributed by atoms with Gasteiger partial charge in [0, 0.05) is 31.9 Å². The molecule has 1 fully saturated rings. The SMILES string of the molecule is COc1ccc(CC(=O)N2CCN(c3ccccc3/C=C/C(=O)CO)CC2)cc1. The summed E-state index contributed by atoms with van der Waals surface area (Å²) < 4.78 is 5.15. The molecule has 1 saturated heterocycles. The van der Waals surface area contributed by atoms with Crippen LogP contribution in [0, 0.1) is 0 Å². The summed E-state index contributed by atoms with van der Waals surface area (Å²) >= 11 is 0. The van der Waals surface area contributed by atoms with Crippen LogP contribution in [0.5, 0.6) is 5.75 Å². The van der Waals surface area contributed by atoms with Gasteiger partial charge >= 0.3 is 0 Å². The minimum atomic E-state index is -0.492. The number of ether oxygens (including phenoxy) is 1. The van der Waals surface area contributed by atoms with Crippen LogP contribution in [0.3, 0.4) is 0 Å². The zero-order chi connectivity index (χ0) is 20.6. The Bertz CT molecular complexity index is 869. The van der Waals surface area contributed by atoms with Crippen molar-refractivity contribution in [2.24, 2.45) is 0 Å². The maximum Gasteiger partial charge on any atom is 0.227 e. The molecule has 0 spiro atoms. The van der Waals surface area contributed by atoms with E-state index in [4.69, 9.17) is 9.84 Å². The van der Waals surface area contributed by atoms with Gasteiger partial charge in [0.1, 0.15) is 12.4 Å². The summed E-state index contributed by atoms with van der Waals surface area (Å²) in [6.07, 6.45) is 3.51. The number of anilines is 1. The van der Waals surface area contributed by atoms with Crippen LogP contribution in [-0.2, 0) is 16.0 Å². The van der Waals surface area contributed by atoms with Crippen molar-refractivity contribution >= 4 is 23.5 Å². The number of carbonyl (C=O) groups is 2. The molecule has 1 heterocycles. The number of nitrogens with zero attached hydrogens (tertiary/aromatic N) is 2. The molecule has 1 aliphatic rings. The van der Waals surface area contributed by atoms with E-state index in [1.165, 1.54) is 6.08 Å². The summed E-state index contributed by atoms with van der Waals surface area (Å²) in [7, 11) is 1.62. The molecule has 0 radical (unpaired) electrons. The van der Waals surface area contributed by atoms with Crippen LogP contribution < -0.4 is 9.64 Å². The van der Waals surface area contributed by atoms with E-state index >= 15 is 0 Å². The lowest BCUT2D eigenvalue weighted by Crippen LogP contribution is -2.49. The zero-order valence-electron chi connectivity index (χ0n) is 16.6. The molecule has 0 atom stereocenters. The molecule has 3 rings (SSSR count). The van der Waals surface area contributed by atoms with Gasteiger partial charge in [0.2, 0.25) is 5.91 Å². The third-order valence-electron chi connectivity index (χ3n) is 5.03. The number of hydrogen-bond donors (Lipinski definition) is 1. The molecule has 2 aromatic carbocycles. The smallest absolute Gasteiger partial charge is 0.227 e. The molecule has 0 aromatic heterocycles. The molecule has 6 heteroatoms. The minimum absolute atomic E-state index is 0.122. The Hall–Kier alpha value is -3.12. The number of rotatable bonds is 7. The number of hydrogen-bond acceptors (Lipinski definition) is 5. The summed E-state index contributed by atoms with van der Waals surface area (Å²) in [5.74, 6) is 0.577. The van der Waals surface area contributed by atoms with E-state index in [9.17, 15) is 9.59 Å². The fraction of sp³-hybridized carbons (Fsp3) is 0.304. The lowest BCUT2D eigenvalue weighted by Gasteiger charge is -2.37. The third-order valence-corrected chi connectivity index (χ3v) is 5.03. The number of aliphatic hydroxyl groups excluding tert-OH is 1. The van der Waals surface area contributed by atoms with Crippen molar-refractivity contribution in [3.8, 4) is 5.75 Å². The molecular formula is C23H26N2O4. The Morgan fingerprint density at radius 2 is 1.72 bits per heavy atom. The van der Waals surface area contributed by atoms with Crippen molar-refractivity contribution in [3.63, 3.8) is 0 Å². The van der Waals surface area contributed by atoms with Gasteiger partial charge in [-0.15, -0.1) is 0 Å². The van der Waals surface area contributed by atoms with Crippen LogP contribution in [0.25, 0.3) is 6.08 Å². The maximum absolute atomic E-state index is 12.6. The predicted molar refractivity (Wildman–Crippen MR) is 113 cm³/mol. The van der Waals surface area contributed by atoms with Crippen molar-refractivity contribution in [1.29, 1.82) is 0 Å². The van der Waals surface area contributed by atoms with Gasteiger partial charge in [-0.1, -0.05) is 30.3 Å². The number of methoxy groups -OCH3 is 1. The van der Waals surface area contributed by atoms with Gasteiger partial charge in [-0.05, 0) is 41.5 Å². The first kappa shape index (κ1) is 20.6. The largest absolute Gasteiger partial charge is 0.497 e. The van der Waals surface area contributed by atoms with Crippen molar-refractivity contribution in [2.75, 3.05) is 44.8 Å². The van der Waals surface area contributed by atoms with E-state index in [0.717, 1.165) is 35.7 Å². The van der Waals surface area contributed by atoms with Gasteiger partial charge in [-0.3, -0.25) is 9.59 Å². The molecule has 0 bridgehead atoms. The minimum Gasteiger partial charge on any atom is -0.497 e. The van der Waals surface area contributed by atoms with Crippen LogP contribution in [0.1, 0.15) is 11.1 Å². The summed E-state index contributed by atoms with van der Waals surface area (Å²) in [4.78, 5) is 28.1. The highest BCUT2D eigenvalue weighted by Crippen LogP contribution is 2.23. The van der Waals surface area contributed by atoms with Crippen LogP contribution in [0.2, 0.25) is 0 Å². The quantitative estimate of drug-likeness (QED) is 0.729. The Balaban J connectivity index is 1.59. The lowest BCUT2D eigenvalue weighted by molar-refractivity contribution is -0.130. The fourth-order valence-electron chi connectivity index (χ4n) is 3.38. The van der Waals surface area contributed by atoms with E-state index in [-0.39, 0.29) is 11.7 Å². The molecule has 1 aliphatic heterocycles. The van der Waals surface area contributed by atoms with Gasteiger partial charge in [-0.2, -0.15) is 0 Å². The van der Waals surface area contributed by atoms with E-state index in [1.54, 1.807) is 13.2 Å². The first-order valence-corrected chi connectivity index (χ1v) is 9.67. The van der Waals surface area contributed by atoms with E-state index in [0.29, 0.717) is 19.5 Å². The van der Waals surface area contributed by atoms with E-state index in [1.807, 2.05) is 53.4 Å². The topological polar surface area (TPSA) is 70.1 Å². The number of para-hydroxylation sites is 1. The average Bonchev–Trinajstić information content (AvgIpc) is 2.78. The second kappa shape index (κ2) is 9.89. The number of aliphatic hydroxyl groups is 1. The number of benzene rings is 2. The Morgan fingerprint density at radius 3 is 2.38 bits per heavy atom. The predicted octanol–water partition coefficient (Wildman–Crippen LogP) is 2.16. The fourth-order valence-corrected chi connectivity index (χ4v) is 3.38. The summed E-state index contributed by atoms with van der Waals surface area (Å²) in [5.41, 5.74) is 2.92. The van der Waals surface area contributed by atoms with Crippen LogP contribution in [0.15, 0.2) is 54.6 Å². The van der Waals surface area contributed by atoms with E-state index in [2.05, 4.69) is 4.90 Å². The maximum atomic E-state index is 12.6. The van der Waals surface area contributed by atoms with Crippen molar-refractivity contribution in [1.82, 2.24) is 4.90 Å². The normalized spacial score (nSPS) is 14.3. The highest BCUT2D eigenvalue weighted by Gasteiger charge is 2.22. The Labute approximate surface area is 171 Å². The molecule has 0 aliphatic carbocycles. The second-order valence-electron chi connectivity index (χ2n) is 6.91. The zero-order valence-corrected chi connectivity index (χ0v) is 16.6. The van der Waals surface area contributed by atoms with Crippen LogP contribution in [0.4, 0.5) is 5.69 Å². The summed E-state index contributed by atoms with van der Waals surface area (Å²) in [6.45, 7) is 2.28. The third kappa shape index (κ3) is 5.45. The number of piperazine rings is 1. The molecule has 1 N–H and O–H groups in total. The molecule has 2 aromatic rings. The molecular weight excluding hydrogens is 368 g/mol.